The molecule has 1 aliphatic rings. The molecule has 3 aromatic rings. The summed E-state index contributed by atoms with van der Waals surface area (Å²) in [5, 5.41) is 10.6. The summed E-state index contributed by atoms with van der Waals surface area (Å²) in [6.07, 6.45) is 2.41. The van der Waals surface area contributed by atoms with Crippen molar-refractivity contribution in [1.29, 1.82) is 0 Å². The summed E-state index contributed by atoms with van der Waals surface area (Å²) in [7, 11) is 1.61. The molecule has 0 saturated heterocycles. The first kappa shape index (κ1) is 25.1. The zero-order chi connectivity index (χ0) is 25.7. The smallest absolute Gasteiger partial charge is 0.255 e. The second kappa shape index (κ2) is 11.2. The van der Waals surface area contributed by atoms with Gasteiger partial charge in [0.15, 0.2) is 11.5 Å². The number of ether oxygens (including phenoxy) is 3. The van der Waals surface area contributed by atoms with E-state index in [4.69, 9.17) is 14.2 Å². The number of para-hydroxylation sites is 2. The van der Waals surface area contributed by atoms with E-state index in [1.807, 2.05) is 56.3 Å². The Morgan fingerprint density at radius 1 is 1.14 bits per heavy atom. The number of hydrogen-bond donors (Lipinski definition) is 2. The van der Waals surface area contributed by atoms with Crippen molar-refractivity contribution in [2.75, 3.05) is 31.0 Å². The summed E-state index contributed by atoms with van der Waals surface area (Å²) >= 11 is 0. The van der Waals surface area contributed by atoms with E-state index in [0.29, 0.717) is 59.3 Å². The summed E-state index contributed by atoms with van der Waals surface area (Å²) in [6.45, 7) is 9.17. The summed E-state index contributed by atoms with van der Waals surface area (Å²) in [4.78, 5) is 18.0. The van der Waals surface area contributed by atoms with Gasteiger partial charge in [0.05, 0.1) is 31.6 Å². The number of benzene rings is 2. The van der Waals surface area contributed by atoms with Crippen molar-refractivity contribution in [3.05, 3.63) is 65.6 Å². The molecule has 190 valence electrons. The van der Waals surface area contributed by atoms with Crippen molar-refractivity contribution in [2.24, 2.45) is 5.92 Å². The average molecular weight is 492 g/mol. The van der Waals surface area contributed by atoms with Gasteiger partial charge < -0.3 is 24.8 Å². The molecule has 0 spiro atoms. The van der Waals surface area contributed by atoms with Crippen LogP contribution in [0.2, 0.25) is 0 Å². The molecule has 2 heterocycles. The predicted octanol–water partition coefficient (Wildman–Crippen LogP) is 5.04. The lowest BCUT2D eigenvalue weighted by Gasteiger charge is -2.29. The van der Waals surface area contributed by atoms with Crippen LogP contribution in [0.15, 0.2) is 60.1 Å². The van der Waals surface area contributed by atoms with E-state index in [-0.39, 0.29) is 5.91 Å². The third-order valence-electron chi connectivity index (χ3n) is 5.93. The van der Waals surface area contributed by atoms with Crippen molar-refractivity contribution >= 4 is 17.5 Å². The Kier molecular flexibility index (Phi) is 7.77. The van der Waals surface area contributed by atoms with Gasteiger partial charge in [0.1, 0.15) is 18.1 Å². The van der Waals surface area contributed by atoms with Crippen molar-refractivity contribution < 1.29 is 19.0 Å². The Morgan fingerprint density at radius 2 is 1.94 bits per heavy atom. The summed E-state index contributed by atoms with van der Waals surface area (Å²) < 4.78 is 19.0. The fourth-order valence-electron chi connectivity index (χ4n) is 4.11. The molecule has 1 atom stereocenters. The third kappa shape index (κ3) is 5.30. The molecular weight excluding hydrogens is 458 g/mol. The molecule has 1 unspecified atom stereocenters. The number of hydrogen-bond acceptors (Lipinski definition) is 7. The van der Waals surface area contributed by atoms with Crippen molar-refractivity contribution in [3.8, 4) is 17.2 Å². The average Bonchev–Trinajstić information content (AvgIpc) is 3.32. The molecule has 0 radical (unpaired) electrons. The number of amides is 1. The Morgan fingerprint density at radius 3 is 2.69 bits per heavy atom. The minimum absolute atomic E-state index is 0.269. The van der Waals surface area contributed by atoms with Crippen LogP contribution < -0.4 is 24.8 Å². The van der Waals surface area contributed by atoms with Gasteiger partial charge in [0.2, 0.25) is 5.95 Å². The topological polar surface area (TPSA) is 99.5 Å². The van der Waals surface area contributed by atoms with Gasteiger partial charge in [-0.1, -0.05) is 32.0 Å². The molecule has 0 saturated carbocycles. The van der Waals surface area contributed by atoms with Gasteiger partial charge in [0, 0.05) is 5.70 Å². The summed E-state index contributed by atoms with van der Waals surface area (Å²) in [5.41, 5.74) is 2.61. The van der Waals surface area contributed by atoms with Gasteiger partial charge in [-0.3, -0.25) is 4.79 Å². The van der Waals surface area contributed by atoms with Gasteiger partial charge in [-0.2, -0.15) is 10.1 Å². The van der Waals surface area contributed by atoms with Crippen molar-refractivity contribution in [2.45, 2.75) is 40.2 Å². The highest BCUT2D eigenvalue weighted by Gasteiger charge is 2.34. The number of anilines is 2. The van der Waals surface area contributed by atoms with Gasteiger partial charge in [0.25, 0.3) is 5.91 Å². The normalized spacial score (nSPS) is 14.8. The monoisotopic (exact) mass is 491 g/mol. The van der Waals surface area contributed by atoms with Gasteiger partial charge in [-0.05, 0) is 56.0 Å². The first-order valence-electron chi connectivity index (χ1n) is 12.1. The molecule has 0 bridgehead atoms. The minimum Gasteiger partial charge on any atom is -0.493 e. The maximum Gasteiger partial charge on any atom is 0.255 e. The molecule has 4 rings (SSSR count). The number of carbonyl (C=O) groups is 1. The fraction of sp³-hybridized carbons (Fsp3) is 0.370. The SMILES string of the molecule is CCOc1ccccc1NC(=O)C1=C(C)Nc2ncnn2C1c1ccc(OCCC(C)C)c(OC)c1. The molecule has 36 heavy (non-hydrogen) atoms. The van der Waals surface area contributed by atoms with E-state index in [1.165, 1.54) is 6.33 Å². The first-order valence-corrected chi connectivity index (χ1v) is 12.1. The number of nitrogens with one attached hydrogen (secondary N) is 2. The summed E-state index contributed by atoms with van der Waals surface area (Å²) in [5.74, 6) is 2.69. The molecule has 1 aliphatic heterocycles. The number of carbonyl (C=O) groups excluding carboxylic acids is 1. The molecular formula is C27H33N5O4. The Labute approximate surface area is 211 Å². The Hall–Kier alpha value is -4.01. The van der Waals surface area contributed by atoms with Gasteiger partial charge in [-0.15, -0.1) is 0 Å². The van der Waals surface area contributed by atoms with E-state index in [9.17, 15) is 4.79 Å². The van der Waals surface area contributed by atoms with Crippen LogP contribution in [0.3, 0.4) is 0 Å². The molecule has 9 nitrogen and oxygen atoms in total. The molecule has 2 N–H and O–H groups in total. The molecule has 2 aromatic carbocycles. The summed E-state index contributed by atoms with van der Waals surface area (Å²) in [6, 6.07) is 12.5. The largest absolute Gasteiger partial charge is 0.493 e. The van der Waals surface area contributed by atoms with Crippen molar-refractivity contribution in [3.63, 3.8) is 0 Å². The van der Waals surface area contributed by atoms with Crippen LogP contribution >= 0.6 is 0 Å². The van der Waals surface area contributed by atoms with E-state index in [2.05, 4.69) is 34.6 Å². The van der Waals surface area contributed by atoms with E-state index in [1.54, 1.807) is 11.8 Å². The van der Waals surface area contributed by atoms with E-state index < -0.39 is 6.04 Å². The molecule has 0 aliphatic carbocycles. The van der Waals surface area contributed by atoms with E-state index >= 15 is 0 Å². The highest BCUT2D eigenvalue weighted by atomic mass is 16.5. The van der Waals surface area contributed by atoms with Crippen LogP contribution in [0.1, 0.15) is 45.7 Å². The third-order valence-corrected chi connectivity index (χ3v) is 5.93. The number of methoxy groups -OCH3 is 1. The lowest BCUT2D eigenvalue weighted by molar-refractivity contribution is -0.113. The fourth-order valence-corrected chi connectivity index (χ4v) is 4.11. The molecule has 9 heteroatoms. The van der Waals surface area contributed by atoms with Crippen LogP contribution in [0.5, 0.6) is 17.2 Å². The lowest BCUT2D eigenvalue weighted by Crippen LogP contribution is -2.31. The highest BCUT2D eigenvalue weighted by molar-refractivity contribution is 6.06. The number of rotatable bonds is 10. The van der Waals surface area contributed by atoms with E-state index in [0.717, 1.165) is 12.0 Å². The van der Waals surface area contributed by atoms with Crippen LogP contribution in [-0.4, -0.2) is 41.0 Å². The second-order valence-corrected chi connectivity index (χ2v) is 8.92. The molecule has 1 aromatic heterocycles. The van der Waals surface area contributed by atoms with Crippen LogP contribution in [-0.2, 0) is 4.79 Å². The zero-order valence-electron chi connectivity index (χ0n) is 21.4. The number of fused-ring (bicyclic) bond motifs is 1. The Bertz CT molecular complexity index is 1250. The standard InChI is InChI=1S/C27H33N5O4/c1-6-35-21-10-8-7-9-20(21)31-26(33)24-18(4)30-27-28-16-29-32(27)25(24)19-11-12-22(23(15-19)34-5)36-14-13-17(2)3/h7-12,15-17,25H,6,13-14H2,1-5H3,(H,31,33)(H,28,29,30). The number of aromatic nitrogens is 3. The van der Waals surface area contributed by atoms with Crippen LogP contribution in [0, 0.1) is 5.92 Å². The second-order valence-electron chi connectivity index (χ2n) is 8.92. The maximum absolute atomic E-state index is 13.7. The number of allylic oxidation sites excluding steroid dienone is 1. The molecule has 1 amide bonds. The van der Waals surface area contributed by atoms with Crippen molar-refractivity contribution in [1.82, 2.24) is 14.8 Å². The van der Waals surface area contributed by atoms with Crippen LogP contribution in [0.25, 0.3) is 0 Å². The van der Waals surface area contributed by atoms with Crippen LogP contribution in [0.4, 0.5) is 11.6 Å². The first-order chi connectivity index (χ1) is 17.4. The van der Waals surface area contributed by atoms with Gasteiger partial charge >= 0.3 is 0 Å². The highest BCUT2D eigenvalue weighted by Crippen LogP contribution is 2.39. The molecule has 0 fully saturated rings. The Balaban J connectivity index is 1.69. The quantitative estimate of drug-likeness (QED) is 0.410. The van der Waals surface area contributed by atoms with Gasteiger partial charge in [-0.25, -0.2) is 4.68 Å². The zero-order valence-corrected chi connectivity index (χ0v) is 21.4. The maximum atomic E-state index is 13.7. The number of nitrogens with zero attached hydrogens (tertiary/aromatic N) is 3. The lowest BCUT2D eigenvalue weighted by atomic mass is 9.94. The predicted molar refractivity (Wildman–Crippen MR) is 139 cm³/mol. The minimum atomic E-state index is -0.526.